The minimum absolute atomic E-state index is 0.268. The van der Waals surface area contributed by atoms with Gasteiger partial charge in [0.05, 0.1) is 33.7 Å². The average molecular weight is 586 g/mol. The standard InChI is InChI=1S/C30H20FN3O5S2/c31-17-10-12-18(13-11-17)34-27(36)24-23(21-9-4-14-39-21)26-29(40-25(24)28(34)37)33(30(38)41-26)15-22(35)32-20-8-3-6-16-5-1-2-7-19(16)20/h1-14,23-25H,15H2,(H,32,35). The normalized spacial score (nSPS) is 19.8. The summed E-state index contributed by atoms with van der Waals surface area (Å²) >= 11 is 2.05. The molecule has 41 heavy (non-hydrogen) atoms. The van der Waals surface area contributed by atoms with Crippen molar-refractivity contribution < 1.29 is 23.2 Å². The number of nitrogens with zero attached hydrogens (tertiary/aromatic N) is 2. The number of furan rings is 1. The van der Waals surface area contributed by atoms with Gasteiger partial charge in [0.25, 0.3) is 0 Å². The van der Waals surface area contributed by atoms with Crippen molar-refractivity contribution in [1.29, 1.82) is 0 Å². The van der Waals surface area contributed by atoms with E-state index >= 15 is 0 Å². The maximum Gasteiger partial charge on any atom is 0.308 e. The van der Waals surface area contributed by atoms with Gasteiger partial charge in [-0.1, -0.05) is 59.5 Å². The molecule has 3 aromatic carbocycles. The van der Waals surface area contributed by atoms with Crippen LogP contribution in [0.2, 0.25) is 0 Å². The molecule has 0 aliphatic carbocycles. The molecule has 5 aromatic rings. The zero-order chi connectivity index (χ0) is 28.2. The molecule has 4 heterocycles. The van der Waals surface area contributed by atoms with Gasteiger partial charge in [-0.15, -0.1) is 0 Å². The lowest BCUT2D eigenvalue weighted by atomic mass is 9.87. The van der Waals surface area contributed by atoms with Gasteiger partial charge in [0, 0.05) is 11.1 Å². The summed E-state index contributed by atoms with van der Waals surface area (Å²) in [5.41, 5.74) is 0.891. The van der Waals surface area contributed by atoms with Crippen molar-refractivity contribution in [3.05, 3.63) is 111 Å². The third-order valence-corrected chi connectivity index (χ3v) is 9.95. The smallest absolute Gasteiger partial charge is 0.308 e. The highest BCUT2D eigenvalue weighted by Gasteiger charge is 2.57. The monoisotopic (exact) mass is 585 g/mol. The number of halogens is 1. The Labute approximate surface area is 240 Å². The highest BCUT2D eigenvalue weighted by Crippen LogP contribution is 2.53. The first-order valence-corrected chi connectivity index (χ1v) is 14.4. The van der Waals surface area contributed by atoms with Crippen LogP contribution in [0.4, 0.5) is 15.8 Å². The summed E-state index contributed by atoms with van der Waals surface area (Å²) in [6, 6.07) is 21.8. The highest BCUT2D eigenvalue weighted by atomic mass is 32.2. The lowest BCUT2D eigenvalue weighted by molar-refractivity contribution is -0.122. The fraction of sp³-hybridized carbons (Fsp3) is 0.133. The summed E-state index contributed by atoms with van der Waals surface area (Å²) < 4.78 is 20.6. The number of aromatic nitrogens is 1. The van der Waals surface area contributed by atoms with Crippen LogP contribution in [0.1, 0.15) is 16.6 Å². The van der Waals surface area contributed by atoms with Gasteiger partial charge in [-0.05, 0) is 47.9 Å². The van der Waals surface area contributed by atoms with Crippen molar-refractivity contribution in [2.75, 3.05) is 10.2 Å². The van der Waals surface area contributed by atoms with E-state index in [1.54, 1.807) is 18.2 Å². The maximum absolute atomic E-state index is 13.7. The highest BCUT2D eigenvalue weighted by molar-refractivity contribution is 8.00. The molecule has 11 heteroatoms. The van der Waals surface area contributed by atoms with Crippen molar-refractivity contribution in [2.45, 2.75) is 22.7 Å². The summed E-state index contributed by atoms with van der Waals surface area (Å²) in [4.78, 5) is 55.2. The topological polar surface area (TPSA) is 102 Å². The van der Waals surface area contributed by atoms with Crippen LogP contribution < -0.4 is 15.1 Å². The summed E-state index contributed by atoms with van der Waals surface area (Å²) in [5.74, 6) is -2.90. The molecule has 1 saturated heterocycles. The number of benzene rings is 3. The Morgan fingerprint density at radius 3 is 2.49 bits per heavy atom. The number of nitrogens with one attached hydrogen (secondary N) is 1. The van der Waals surface area contributed by atoms with Crippen LogP contribution in [-0.2, 0) is 20.9 Å². The van der Waals surface area contributed by atoms with E-state index in [4.69, 9.17) is 4.42 Å². The number of thioether (sulfide) groups is 1. The Bertz CT molecular complexity index is 1890. The fourth-order valence-electron chi connectivity index (χ4n) is 5.54. The molecular weight excluding hydrogens is 565 g/mol. The van der Waals surface area contributed by atoms with Crippen molar-refractivity contribution >= 4 is 63.0 Å². The molecule has 204 valence electrons. The molecule has 8 nitrogen and oxygen atoms in total. The number of carbonyl (C=O) groups is 3. The fourth-order valence-corrected chi connectivity index (χ4v) is 8.30. The minimum atomic E-state index is -0.864. The lowest BCUT2D eigenvalue weighted by Gasteiger charge is -2.29. The number of imide groups is 1. The Hall–Kier alpha value is -4.48. The van der Waals surface area contributed by atoms with E-state index in [-0.39, 0.29) is 17.1 Å². The number of fused-ring (bicyclic) bond motifs is 3. The quantitative estimate of drug-likeness (QED) is 0.284. The molecule has 2 aliphatic rings. The Morgan fingerprint density at radius 1 is 0.927 bits per heavy atom. The largest absolute Gasteiger partial charge is 0.469 e. The van der Waals surface area contributed by atoms with Crippen molar-refractivity contribution in [3.63, 3.8) is 0 Å². The van der Waals surface area contributed by atoms with Gasteiger partial charge in [-0.2, -0.15) is 0 Å². The zero-order valence-electron chi connectivity index (χ0n) is 21.2. The predicted octanol–water partition coefficient (Wildman–Crippen LogP) is 5.23. The molecule has 3 atom stereocenters. The number of hydrogen-bond acceptors (Lipinski definition) is 7. The van der Waals surface area contributed by atoms with Gasteiger partial charge in [0.15, 0.2) is 0 Å². The van der Waals surface area contributed by atoms with E-state index in [1.165, 1.54) is 35.1 Å². The van der Waals surface area contributed by atoms with Crippen LogP contribution in [0.3, 0.4) is 0 Å². The van der Waals surface area contributed by atoms with Gasteiger partial charge in [0.2, 0.25) is 17.7 Å². The third-order valence-electron chi connectivity index (χ3n) is 7.35. The molecule has 7 rings (SSSR count). The van der Waals surface area contributed by atoms with E-state index in [1.807, 2.05) is 36.4 Å². The van der Waals surface area contributed by atoms with Gasteiger partial charge in [-0.3, -0.25) is 23.7 Å². The minimum Gasteiger partial charge on any atom is -0.469 e. The second-order valence-corrected chi connectivity index (χ2v) is 11.9. The first kappa shape index (κ1) is 25.5. The van der Waals surface area contributed by atoms with E-state index in [2.05, 4.69) is 5.32 Å². The molecule has 0 radical (unpaired) electrons. The second kappa shape index (κ2) is 9.86. The number of amides is 3. The van der Waals surface area contributed by atoms with Crippen molar-refractivity contribution in [1.82, 2.24) is 4.57 Å². The molecule has 0 saturated carbocycles. The predicted molar refractivity (Wildman–Crippen MR) is 154 cm³/mol. The van der Waals surface area contributed by atoms with E-state index in [0.29, 0.717) is 21.4 Å². The molecule has 2 aliphatic heterocycles. The number of hydrogen-bond donors (Lipinski definition) is 1. The Morgan fingerprint density at radius 2 is 1.71 bits per heavy atom. The van der Waals surface area contributed by atoms with Crippen LogP contribution in [0.15, 0.2) is 99.4 Å². The van der Waals surface area contributed by atoms with Crippen molar-refractivity contribution in [3.8, 4) is 0 Å². The van der Waals surface area contributed by atoms with Crippen LogP contribution >= 0.6 is 23.1 Å². The number of carbonyl (C=O) groups excluding carboxylic acids is 3. The SMILES string of the molecule is O=C(Cn1c2c(sc1=O)C(c1ccco1)C1C(=O)N(c3ccc(F)cc3)C(=O)C1S2)Nc1cccc2ccccc12. The van der Waals surface area contributed by atoms with E-state index in [9.17, 15) is 23.6 Å². The molecule has 0 bridgehead atoms. The average Bonchev–Trinajstić information content (AvgIpc) is 3.67. The molecular formula is C30H20FN3O5S2. The first-order chi connectivity index (χ1) is 19.9. The number of rotatable bonds is 5. The van der Waals surface area contributed by atoms with Gasteiger partial charge in [0.1, 0.15) is 23.4 Å². The summed E-state index contributed by atoms with van der Waals surface area (Å²) in [6.07, 6.45) is 1.47. The zero-order valence-corrected chi connectivity index (χ0v) is 22.8. The maximum atomic E-state index is 13.7. The molecule has 3 amide bonds. The molecule has 3 unspecified atom stereocenters. The van der Waals surface area contributed by atoms with E-state index in [0.717, 1.165) is 38.8 Å². The molecule has 1 N–H and O–H groups in total. The Kier molecular flexibility index (Phi) is 6.13. The molecule has 1 fully saturated rings. The van der Waals surface area contributed by atoms with Crippen LogP contribution in [0.25, 0.3) is 10.8 Å². The van der Waals surface area contributed by atoms with Crippen LogP contribution in [0.5, 0.6) is 0 Å². The van der Waals surface area contributed by atoms with Crippen LogP contribution in [0, 0.1) is 11.7 Å². The third kappa shape index (κ3) is 4.20. The van der Waals surface area contributed by atoms with Gasteiger partial charge < -0.3 is 9.73 Å². The molecule has 0 spiro atoms. The van der Waals surface area contributed by atoms with Gasteiger partial charge in [-0.25, -0.2) is 9.29 Å². The summed E-state index contributed by atoms with van der Waals surface area (Å²) in [6.45, 7) is -0.271. The first-order valence-electron chi connectivity index (χ1n) is 12.8. The summed E-state index contributed by atoms with van der Waals surface area (Å²) in [7, 11) is 0. The lowest BCUT2D eigenvalue weighted by Crippen LogP contribution is -2.32. The number of thiazole rings is 1. The van der Waals surface area contributed by atoms with Crippen LogP contribution in [-0.4, -0.2) is 27.5 Å². The van der Waals surface area contributed by atoms with Gasteiger partial charge >= 0.3 is 4.87 Å². The molecule has 2 aromatic heterocycles. The van der Waals surface area contributed by atoms with E-state index < -0.39 is 40.6 Å². The second-order valence-electron chi connectivity index (χ2n) is 9.74. The van der Waals surface area contributed by atoms with Crippen molar-refractivity contribution in [2.24, 2.45) is 5.92 Å². The Balaban J connectivity index is 1.25. The summed E-state index contributed by atoms with van der Waals surface area (Å²) in [5, 5.41) is 4.34. The number of anilines is 2.